The molecule has 21 heavy (non-hydrogen) atoms. The predicted molar refractivity (Wildman–Crippen MR) is 79.6 cm³/mol. The Hall–Kier alpha value is -2.54. The monoisotopic (exact) mass is 344 g/mol. The molecule has 0 aliphatic carbocycles. The molecule has 104 valence electrons. The number of hydrogen-bond acceptors (Lipinski definition) is 5. The predicted octanol–water partition coefficient (Wildman–Crippen LogP) is 3.15. The molecule has 2 heterocycles. The smallest absolute Gasteiger partial charge is 0.322 e. The SMILES string of the molecule is O=C(Nc1nnc(-c2ccccc2)o1)c1cccc(Br)n1. The Balaban J connectivity index is 1.77. The number of nitrogens with zero attached hydrogens (tertiary/aromatic N) is 3. The number of hydrogen-bond donors (Lipinski definition) is 1. The van der Waals surface area contributed by atoms with E-state index in [0.717, 1.165) is 5.56 Å². The molecule has 0 unspecified atom stereocenters. The van der Waals surface area contributed by atoms with Gasteiger partial charge in [0.15, 0.2) is 0 Å². The summed E-state index contributed by atoms with van der Waals surface area (Å²) < 4.78 is 5.97. The standard InChI is InChI=1S/C14H9BrN4O2/c15-11-8-4-7-10(16-11)12(20)17-14-19-18-13(21-14)9-5-2-1-3-6-9/h1-8H,(H,17,19,20). The molecule has 0 aliphatic rings. The van der Waals surface area contributed by atoms with E-state index in [1.54, 1.807) is 18.2 Å². The molecule has 1 amide bonds. The van der Waals surface area contributed by atoms with Crippen LogP contribution in [0.3, 0.4) is 0 Å². The number of carbonyl (C=O) groups is 1. The van der Waals surface area contributed by atoms with Gasteiger partial charge in [0.25, 0.3) is 5.91 Å². The van der Waals surface area contributed by atoms with Crippen molar-refractivity contribution in [2.24, 2.45) is 0 Å². The van der Waals surface area contributed by atoms with Gasteiger partial charge in [0.1, 0.15) is 10.3 Å². The number of carbonyl (C=O) groups excluding carboxylic acids is 1. The second-order valence-electron chi connectivity index (χ2n) is 4.08. The second kappa shape index (κ2) is 5.84. The van der Waals surface area contributed by atoms with Gasteiger partial charge >= 0.3 is 6.01 Å². The van der Waals surface area contributed by atoms with Crippen molar-refractivity contribution in [3.8, 4) is 11.5 Å². The Bertz CT molecular complexity index is 773. The van der Waals surface area contributed by atoms with Crippen LogP contribution < -0.4 is 5.32 Å². The molecule has 0 aliphatic heterocycles. The molecule has 0 spiro atoms. The van der Waals surface area contributed by atoms with Crippen molar-refractivity contribution in [2.75, 3.05) is 5.32 Å². The lowest BCUT2D eigenvalue weighted by atomic mass is 10.2. The maximum atomic E-state index is 12.0. The molecule has 2 aromatic heterocycles. The summed E-state index contributed by atoms with van der Waals surface area (Å²) in [5.41, 5.74) is 1.04. The maximum Gasteiger partial charge on any atom is 0.322 e. The normalized spacial score (nSPS) is 10.3. The maximum absolute atomic E-state index is 12.0. The van der Waals surface area contributed by atoms with Gasteiger partial charge in [-0.3, -0.25) is 10.1 Å². The Morgan fingerprint density at radius 3 is 2.62 bits per heavy atom. The highest BCUT2D eigenvalue weighted by Crippen LogP contribution is 2.19. The van der Waals surface area contributed by atoms with E-state index < -0.39 is 5.91 Å². The Morgan fingerprint density at radius 1 is 1.05 bits per heavy atom. The van der Waals surface area contributed by atoms with Gasteiger partial charge in [0, 0.05) is 5.56 Å². The van der Waals surface area contributed by atoms with Crippen LogP contribution in [0.1, 0.15) is 10.5 Å². The highest BCUT2D eigenvalue weighted by Gasteiger charge is 2.13. The van der Waals surface area contributed by atoms with Crippen LogP contribution in [0.2, 0.25) is 0 Å². The van der Waals surface area contributed by atoms with Gasteiger partial charge in [-0.05, 0) is 40.2 Å². The van der Waals surface area contributed by atoms with E-state index in [0.29, 0.717) is 10.5 Å². The van der Waals surface area contributed by atoms with E-state index in [1.807, 2.05) is 30.3 Å². The van der Waals surface area contributed by atoms with E-state index in [4.69, 9.17) is 4.42 Å². The molecular formula is C14H9BrN4O2. The quantitative estimate of drug-likeness (QED) is 0.738. The fraction of sp³-hybridized carbons (Fsp3) is 0. The van der Waals surface area contributed by atoms with Gasteiger partial charge in [-0.1, -0.05) is 29.4 Å². The van der Waals surface area contributed by atoms with Crippen LogP contribution in [0.25, 0.3) is 11.5 Å². The highest BCUT2D eigenvalue weighted by molar-refractivity contribution is 9.10. The first-order valence-corrected chi connectivity index (χ1v) is 6.84. The summed E-state index contributed by atoms with van der Waals surface area (Å²) in [7, 11) is 0. The van der Waals surface area contributed by atoms with Crippen LogP contribution in [-0.2, 0) is 0 Å². The second-order valence-corrected chi connectivity index (χ2v) is 4.89. The number of anilines is 1. The largest absolute Gasteiger partial charge is 0.403 e. The Kier molecular flexibility index (Phi) is 3.74. The molecule has 0 atom stereocenters. The molecule has 0 fully saturated rings. The fourth-order valence-corrected chi connectivity index (χ4v) is 2.01. The topological polar surface area (TPSA) is 80.9 Å². The Morgan fingerprint density at radius 2 is 1.86 bits per heavy atom. The van der Waals surface area contributed by atoms with Crippen LogP contribution in [0.4, 0.5) is 6.01 Å². The van der Waals surface area contributed by atoms with Crippen molar-refractivity contribution in [1.82, 2.24) is 15.2 Å². The van der Waals surface area contributed by atoms with Crippen LogP contribution >= 0.6 is 15.9 Å². The molecule has 0 bridgehead atoms. The van der Waals surface area contributed by atoms with Crippen LogP contribution in [-0.4, -0.2) is 21.1 Å². The summed E-state index contributed by atoms with van der Waals surface area (Å²) >= 11 is 3.21. The van der Waals surface area contributed by atoms with E-state index in [1.165, 1.54) is 0 Å². The Labute approximate surface area is 128 Å². The lowest BCUT2D eigenvalue weighted by Crippen LogP contribution is -2.13. The molecule has 1 N–H and O–H groups in total. The number of nitrogens with one attached hydrogen (secondary N) is 1. The summed E-state index contributed by atoms with van der Waals surface area (Å²) in [5.74, 6) is -0.0762. The van der Waals surface area contributed by atoms with E-state index in [2.05, 4.69) is 36.4 Å². The number of pyridine rings is 1. The first kappa shape index (κ1) is 13.4. The highest BCUT2D eigenvalue weighted by atomic mass is 79.9. The number of benzene rings is 1. The van der Waals surface area contributed by atoms with Gasteiger partial charge in [0.05, 0.1) is 0 Å². The van der Waals surface area contributed by atoms with Crippen molar-refractivity contribution >= 4 is 27.9 Å². The zero-order valence-corrected chi connectivity index (χ0v) is 12.2. The molecule has 1 aromatic carbocycles. The number of halogens is 1. The lowest BCUT2D eigenvalue weighted by Gasteiger charge is -1.99. The minimum absolute atomic E-state index is 0.0284. The molecule has 7 heteroatoms. The zero-order valence-electron chi connectivity index (χ0n) is 10.7. The van der Waals surface area contributed by atoms with Gasteiger partial charge in [-0.15, -0.1) is 5.10 Å². The minimum Gasteiger partial charge on any atom is -0.403 e. The summed E-state index contributed by atoms with van der Waals surface area (Å²) in [6.45, 7) is 0. The average Bonchev–Trinajstić information content (AvgIpc) is 2.97. The summed E-state index contributed by atoms with van der Waals surface area (Å²) in [5, 5.41) is 10.2. The van der Waals surface area contributed by atoms with Crippen molar-refractivity contribution in [3.63, 3.8) is 0 Å². The first-order chi connectivity index (χ1) is 10.2. The third-order valence-electron chi connectivity index (χ3n) is 2.61. The van der Waals surface area contributed by atoms with Crippen molar-refractivity contribution in [1.29, 1.82) is 0 Å². The molecule has 6 nitrogen and oxygen atoms in total. The summed E-state index contributed by atoms with van der Waals surface area (Å²) in [6, 6.07) is 14.4. The number of amides is 1. The zero-order chi connectivity index (χ0) is 14.7. The van der Waals surface area contributed by atoms with Gasteiger partial charge in [0.2, 0.25) is 5.89 Å². The van der Waals surface area contributed by atoms with Crippen molar-refractivity contribution in [2.45, 2.75) is 0 Å². The molecule has 0 radical (unpaired) electrons. The van der Waals surface area contributed by atoms with Gasteiger partial charge in [-0.25, -0.2) is 4.98 Å². The third kappa shape index (κ3) is 3.14. The van der Waals surface area contributed by atoms with Crippen molar-refractivity contribution in [3.05, 3.63) is 58.8 Å². The van der Waals surface area contributed by atoms with Crippen molar-refractivity contribution < 1.29 is 9.21 Å². The van der Waals surface area contributed by atoms with E-state index in [9.17, 15) is 4.79 Å². The summed E-state index contributed by atoms with van der Waals surface area (Å²) in [6.07, 6.45) is 0. The van der Waals surface area contributed by atoms with Crippen LogP contribution in [0.15, 0.2) is 57.6 Å². The van der Waals surface area contributed by atoms with Crippen LogP contribution in [0, 0.1) is 0 Å². The minimum atomic E-state index is -0.417. The summed E-state index contributed by atoms with van der Waals surface area (Å²) in [4.78, 5) is 16.0. The van der Waals surface area contributed by atoms with E-state index in [-0.39, 0.29) is 11.7 Å². The van der Waals surface area contributed by atoms with E-state index >= 15 is 0 Å². The first-order valence-electron chi connectivity index (χ1n) is 6.05. The molecule has 0 saturated heterocycles. The molecule has 0 saturated carbocycles. The van der Waals surface area contributed by atoms with Crippen LogP contribution in [0.5, 0.6) is 0 Å². The van der Waals surface area contributed by atoms with Gasteiger partial charge in [-0.2, -0.15) is 0 Å². The lowest BCUT2D eigenvalue weighted by molar-refractivity contribution is 0.101. The third-order valence-corrected chi connectivity index (χ3v) is 3.06. The fourth-order valence-electron chi connectivity index (χ4n) is 1.67. The molecular weight excluding hydrogens is 336 g/mol. The number of rotatable bonds is 3. The molecule has 3 aromatic rings. The number of aromatic nitrogens is 3. The average molecular weight is 345 g/mol. The van der Waals surface area contributed by atoms with Gasteiger partial charge < -0.3 is 4.42 Å². The molecule has 3 rings (SSSR count).